The van der Waals surface area contributed by atoms with Gasteiger partial charge in [-0.05, 0) is 30.7 Å². The highest BCUT2D eigenvalue weighted by molar-refractivity contribution is 6.31. The molecule has 0 spiro atoms. The van der Waals surface area contributed by atoms with E-state index in [9.17, 15) is 4.79 Å². The van der Waals surface area contributed by atoms with E-state index in [0.717, 1.165) is 0 Å². The zero-order valence-electron chi connectivity index (χ0n) is 9.42. The first kappa shape index (κ1) is 12.3. The second-order valence-corrected chi connectivity index (χ2v) is 3.94. The fourth-order valence-electron chi connectivity index (χ4n) is 1.34. The molecule has 0 radical (unpaired) electrons. The third kappa shape index (κ3) is 2.57. The van der Waals surface area contributed by atoms with Crippen LogP contribution < -0.4 is 4.74 Å². The number of carboxylic acid groups (broad SMARTS) is 1. The van der Waals surface area contributed by atoms with Crippen molar-refractivity contribution in [1.82, 2.24) is 9.97 Å². The molecule has 0 bridgehead atoms. The summed E-state index contributed by atoms with van der Waals surface area (Å²) in [6, 6.07) is 4.61. The summed E-state index contributed by atoms with van der Waals surface area (Å²) in [5.41, 5.74) is 0.686. The molecule has 0 atom stereocenters. The first-order chi connectivity index (χ1) is 8.58. The first-order valence-corrected chi connectivity index (χ1v) is 5.44. The van der Waals surface area contributed by atoms with E-state index in [2.05, 4.69) is 9.97 Å². The molecule has 6 heteroatoms. The summed E-state index contributed by atoms with van der Waals surface area (Å²) in [6.45, 7) is 1.76. The van der Waals surface area contributed by atoms with E-state index in [-0.39, 0.29) is 17.3 Å². The summed E-state index contributed by atoms with van der Waals surface area (Å²) in [5, 5.41) is 9.45. The van der Waals surface area contributed by atoms with Crippen molar-refractivity contribution >= 4 is 17.6 Å². The molecule has 2 rings (SSSR count). The zero-order valence-corrected chi connectivity index (χ0v) is 10.2. The van der Waals surface area contributed by atoms with E-state index in [1.807, 2.05) is 0 Å². The topological polar surface area (TPSA) is 72.3 Å². The third-order valence-corrected chi connectivity index (χ3v) is 2.64. The lowest BCUT2D eigenvalue weighted by Crippen LogP contribution is -2.02. The van der Waals surface area contributed by atoms with Crippen molar-refractivity contribution in [3.05, 3.63) is 46.7 Å². The van der Waals surface area contributed by atoms with Crippen molar-refractivity contribution in [2.75, 3.05) is 0 Å². The van der Waals surface area contributed by atoms with Gasteiger partial charge in [-0.1, -0.05) is 11.6 Å². The van der Waals surface area contributed by atoms with E-state index in [0.29, 0.717) is 10.6 Å². The molecular formula is C12H9ClN2O3. The molecule has 2 aromatic rings. The van der Waals surface area contributed by atoms with E-state index < -0.39 is 5.97 Å². The highest BCUT2D eigenvalue weighted by atomic mass is 35.5. The normalized spacial score (nSPS) is 10.1. The number of carbonyl (C=O) groups is 1. The van der Waals surface area contributed by atoms with Gasteiger partial charge in [-0.25, -0.2) is 14.8 Å². The molecule has 0 saturated carbocycles. The maximum atomic E-state index is 11.1. The maximum absolute atomic E-state index is 11.1. The standard InChI is InChI=1S/C12H9ClN2O3/c1-7-5-10(8(11(16)17)6-9(7)13)18-12-14-3-2-4-15-12/h2-6H,1H3,(H,16,17). The summed E-state index contributed by atoms with van der Waals surface area (Å²) in [5.74, 6) is -0.960. The number of aromatic nitrogens is 2. The van der Waals surface area contributed by atoms with Crippen molar-refractivity contribution in [1.29, 1.82) is 0 Å². The molecule has 92 valence electrons. The summed E-state index contributed by atoms with van der Waals surface area (Å²) in [7, 11) is 0. The number of benzene rings is 1. The van der Waals surface area contributed by atoms with E-state index >= 15 is 0 Å². The SMILES string of the molecule is Cc1cc(Oc2ncccn2)c(C(=O)O)cc1Cl. The second-order valence-electron chi connectivity index (χ2n) is 3.54. The average Bonchev–Trinajstić information content (AvgIpc) is 2.34. The van der Waals surface area contributed by atoms with Gasteiger partial charge in [0.1, 0.15) is 11.3 Å². The Morgan fingerprint density at radius 1 is 1.33 bits per heavy atom. The number of hydrogen-bond donors (Lipinski definition) is 1. The minimum atomic E-state index is -1.12. The van der Waals surface area contributed by atoms with Crippen molar-refractivity contribution in [3.63, 3.8) is 0 Å². The fraction of sp³-hybridized carbons (Fsp3) is 0.0833. The Bertz CT molecular complexity index is 587. The third-order valence-electron chi connectivity index (χ3n) is 2.23. The maximum Gasteiger partial charge on any atom is 0.339 e. The number of nitrogens with zero attached hydrogens (tertiary/aromatic N) is 2. The number of aromatic carboxylic acids is 1. The smallest absolute Gasteiger partial charge is 0.339 e. The minimum Gasteiger partial charge on any atom is -0.478 e. The van der Waals surface area contributed by atoms with Gasteiger partial charge in [0, 0.05) is 17.4 Å². The molecule has 0 unspecified atom stereocenters. The van der Waals surface area contributed by atoms with Crippen molar-refractivity contribution < 1.29 is 14.6 Å². The van der Waals surface area contributed by atoms with Crippen molar-refractivity contribution in [2.24, 2.45) is 0 Å². The van der Waals surface area contributed by atoms with Crippen LogP contribution in [0.3, 0.4) is 0 Å². The molecule has 0 aliphatic rings. The summed E-state index contributed by atoms with van der Waals surface area (Å²) in [6.07, 6.45) is 3.01. The molecule has 0 aliphatic carbocycles. The monoisotopic (exact) mass is 264 g/mol. The van der Waals surface area contributed by atoms with Gasteiger partial charge >= 0.3 is 12.0 Å². The van der Waals surface area contributed by atoms with E-state index in [1.54, 1.807) is 19.1 Å². The lowest BCUT2D eigenvalue weighted by Gasteiger charge is -2.09. The number of rotatable bonds is 3. The Hall–Kier alpha value is -2.14. The van der Waals surface area contributed by atoms with Crippen LogP contribution in [0.25, 0.3) is 0 Å². The molecule has 0 fully saturated rings. The highest BCUT2D eigenvalue weighted by Crippen LogP contribution is 2.29. The summed E-state index contributed by atoms with van der Waals surface area (Å²) in [4.78, 5) is 18.8. The Balaban J connectivity index is 2.43. The molecule has 0 aliphatic heterocycles. The summed E-state index contributed by atoms with van der Waals surface area (Å²) >= 11 is 5.88. The quantitative estimate of drug-likeness (QED) is 0.923. The van der Waals surface area contributed by atoms with Crippen molar-refractivity contribution in [3.8, 4) is 11.8 Å². The minimum absolute atomic E-state index is 0.0296. The van der Waals surface area contributed by atoms with Crippen LogP contribution in [0, 0.1) is 6.92 Å². The largest absolute Gasteiger partial charge is 0.478 e. The van der Waals surface area contributed by atoms with Gasteiger partial charge < -0.3 is 9.84 Å². The Kier molecular flexibility index (Phi) is 3.43. The first-order valence-electron chi connectivity index (χ1n) is 5.06. The van der Waals surface area contributed by atoms with Gasteiger partial charge in [0.2, 0.25) is 0 Å². The molecule has 18 heavy (non-hydrogen) atoms. The van der Waals surface area contributed by atoms with Crippen LogP contribution in [0.1, 0.15) is 15.9 Å². The lowest BCUT2D eigenvalue weighted by atomic mass is 10.1. The van der Waals surface area contributed by atoms with E-state index in [4.69, 9.17) is 21.4 Å². The van der Waals surface area contributed by atoms with Crippen LogP contribution in [0.5, 0.6) is 11.8 Å². The van der Waals surface area contributed by atoms with Crippen LogP contribution in [-0.2, 0) is 0 Å². The van der Waals surface area contributed by atoms with Gasteiger partial charge in [-0.2, -0.15) is 0 Å². The van der Waals surface area contributed by atoms with Crippen LogP contribution in [0.15, 0.2) is 30.6 Å². The fourth-order valence-corrected chi connectivity index (χ4v) is 1.51. The van der Waals surface area contributed by atoms with Gasteiger partial charge in [0.25, 0.3) is 0 Å². The Morgan fingerprint density at radius 3 is 2.61 bits per heavy atom. The predicted molar refractivity (Wildman–Crippen MR) is 65.3 cm³/mol. The lowest BCUT2D eigenvalue weighted by molar-refractivity contribution is 0.0694. The van der Waals surface area contributed by atoms with E-state index in [1.165, 1.54) is 18.5 Å². The molecule has 1 aromatic heterocycles. The molecule has 1 N–H and O–H groups in total. The number of ether oxygens (including phenoxy) is 1. The Morgan fingerprint density at radius 2 is 2.00 bits per heavy atom. The number of hydrogen-bond acceptors (Lipinski definition) is 4. The molecule has 5 nitrogen and oxygen atoms in total. The number of aryl methyl sites for hydroxylation is 1. The molecule has 1 aromatic carbocycles. The average molecular weight is 265 g/mol. The van der Waals surface area contributed by atoms with Crippen LogP contribution >= 0.6 is 11.6 Å². The van der Waals surface area contributed by atoms with Crippen molar-refractivity contribution in [2.45, 2.75) is 6.92 Å². The second kappa shape index (κ2) is 5.01. The van der Waals surface area contributed by atoms with Gasteiger partial charge in [-0.3, -0.25) is 0 Å². The Labute approximate surface area is 108 Å². The summed E-state index contributed by atoms with van der Waals surface area (Å²) < 4.78 is 5.34. The number of halogens is 1. The number of carboxylic acids is 1. The van der Waals surface area contributed by atoms with Gasteiger partial charge in [0.05, 0.1) is 0 Å². The zero-order chi connectivity index (χ0) is 13.1. The molecule has 0 saturated heterocycles. The van der Waals surface area contributed by atoms with Gasteiger partial charge in [-0.15, -0.1) is 0 Å². The predicted octanol–water partition coefficient (Wildman–Crippen LogP) is 2.93. The highest BCUT2D eigenvalue weighted by Gasteiger charge is 2.15. The van der Waals surface area contributed by atoms with Gasteiger partial charge in [0.15, 0.2) is 0 Å². The molecule has 0 amide bonds. The van der Waals surface area contributed by atoms with Crippen LogP contribution in [0.2, 0.25) is 5.02 Å². The molecular weight excluding hydrogens is 256 g/mol. The van der Waals surface area contributed by atoms with Crippen LogP contribution in [0.4, 0.5) is 0 Å². The molecule has 1 heterocycles. The van der Waals surface area contributed by atoms with Crippen LogP contribution in [-0.4, -0.2) is 21.0 Å².